The van der Waals surface area contributed by atoms with Gasteiger partial charge in [0.05, 0.1) is 0 Å². The first-order valence-electron chi connectivity index (χ1n) is 7.11. The van der Waals surface area contributed by atoms with E-state index in [0.717, 1.165) is 12.8 Å². The molecule has 1 saturated carbocycles. The zero-order valence-electron chi connectivity index (χ0n) is 12.2. The van der Waals surface area contributed by atoms with Gasteiger partial charge in [0, 0.05) is 6.54 Å². The number of carboxylic acids is 1. The summed E-state index contributed by atoms with van der Waals surface area (Å²) in [7, 11) is 0. The molecule has 3 N–H and O–H groups in total. The highest BCUT2D eigenvalue weighted by Crippen LogP contribution is 2.34. The molecule has 1 atom stereocenters. The molecule has 2 amide bonds. The lowest BCUT2D eigenvalue weighted by atomic mass is 9.76. The van der Waals surface area contributed by atoms with E-state index < -0.39 is 12.0 Å². The molecule has 1 unspecified atom stereocenters. The fourth-order valence-electron chi connectivity index (χ4n) is 2.58. The first-order chi connectivity index (χ1) is 8.84. The molecular weight excluding hydrogens is 244 g/mol. The summed E-state index contributed by atoms with van der Waals surface area (Å²) < 4.78 is 0. The van der Waals surface area contributed by atoms with Crippen molar-refractivity contribution in [3.63, 3.8) is 0 Å². The number of rotatable bonds is 5. The van der Waals surface area contributed by atoms with E-state index in [9.17, 15) is 9.59 Å². The van der Waals surface area contributed by atoms with Crippen LogP contribution in [0, 0.1) is 11.3 Å². The highest BCUT2D eigenvalue weighted by Gasteiger charge is 2.28. The van der Waals surface area contributed by atoms with Crippen LogP contribution >= 0.6 is 0 Å². The second kappa shape index (κ2) is 6.78. The number of nitrogens with one attached hydrogen (secondary N) is 2. The lowest BCUT2D eigenvalue weighted by Crippen LogP contribution is -2.50. The Hall–Kier alpha value is -1.26. The second-order valence-electron chi connectivity index (χ2n) is 6.26. The minimum absolute atomic E-state index is 0.131. The third-order valence-electron chi connectivity index (χ3n) is 3.96. The Morgan fingerprint density at radius 3 is 2.26 bits per heavy atom. The molecule has 0 aromatic heterocycles. The molecule has 5 heteroatoms. The smallest absolute Gasteiger partial charge is 0.326 e. The Labute approximate surface area is 115 Å². The van der Waals surface area contributed by atoms with Crippen molar-refractivity contribution in [1.82, 2.24) is 10.6 Å². The summed E-state index contributed by atoms with van der Waals surface area (Å²) in [4.78, 5) is 22.8. The summed E-state index contributed by atoms with van der Waals surface area (Å²) in [6, 6.07) is -1.22. The molecule has 0 aromatic rings. The average Bonchev–Trinajstić information content (AvgIpc) is 2.34. The van der Waals surface area contributed by atoms with Crippen LogP contribution in [0.4, 0.5) is 4.79 Å². The minimum Gasteiger partial charge on any atom is -0.480 e. The molecule has 1 rings (SSSR count). The molecule has 0 bridgehead atoms. The molecule has 1 aliphatic rings. The Balaban J connectivity index is 2.40. The highest BCUT2D eigenvalue weighted by molar-refractivity contribution is 5.82. The van der Waals surface area contributed by atoms with Gasteiger partial charge in [-0.05, 0) is 24.2 Å². The Morgan fingerprint density at radius 2 is 1.79 bits per heavy atom. The normalized spacial score (nSPS) is 19.8. The van der Waals surface area contributed by atoms with Crippen molar-refractivity contribution in [3.8, 4) is 0 Å². The van der Waals surface area contributed by atoms with E-state index in [1.54, 1.807) is 13.8 Å². The molecule has 0 aromatic carbocycles. The Kier molecular flexibility index (Phi) is 5.63. The van der Waals surface area contributed by atoms with Crippen molar-refractivity contribution in [2.45, 2.75) is 58.9 Å². The SMILES string of the molecule is CC(C)C(NC(=O)NCC1(C)CCCCC1)C(=O)O. The average molecular weight is 270 g/mol. The predicted octanol–water partition coefficient (Wildman–Crippen LogP) is 2.37. The van der Waals surface area contributed by atoms with Crippen LogP contribution in [0.15, 0.2) is 0 Å². The van der Waals surface area contributed by atoms with E-state index in [2.05, 4.69) is 17.6 Å². The fraction of sp³-hybridized carbons (Fsp3) is 0.857. The maximum atomic E-state index is 11.8. The quantitative estimate of drug-likeness (QED) is 0.717. The number of carbonyl (C=O) groups is 2. The summed E-state index contributed by atoms with van der Waals surface area (Å²) in [6.07, 6.45) is 5.95. The van der Waals surface area contributed by atoms with Gasteiger partial charge in [-0.15, -0.1) is 0 Å². The molecular formula is C14H26N2O3. The van der Waals surface area contributed by atoms with E-state index in [4.69, 9.17) is 5.11 Å². The number of amides is 2. The van der Waals surface area contributed by atoms with E-state index in [1.807, 2.05) is 0 Å². The standard InChI is InChI=1S/C14H26N2O3/c1-10(2)11(12(17)18)16-13(19)15-9-14(3)7-5-4-6-8-14/h10-11H,4-9H2,1-3H3,(H,17,18)(H2,15,16,19). The van der Waals surface area contributed by atoms with E-state index >= 15 is 0 Å². The van der Waals surface area contributed by atoms with Crippen molar-refractivity contribution in [2.24, 2.45) is 11.3 Å². The van der Waals surface area contributed by atoms with Gasteiger partial charge in [-0.25, -0.2) is 9.59 Å². The summed E-state index contributed by atoms with van der Waals surface area (Å²) in [6.45, 7) is 6.36. The van der Waals surface area contributed by atoms with Gasteiger partial charge in [0.25, 0.3) is 0 Å². The van der Waals surface area contributed by atoms with Gasteiger partial charge in [-0.3, -0.25) is 0 Å². The van der Waals surface area contributed by atoms with Crippen molar-refractivity contribution < 1.29 is 14.7 Å². The Bertz CT molecular complexity index is 323. The minimum atomic E-state index is -0.992. The van der Waals surface area contributed by atoms with Crippen LogP contribution in [0.5, 0.6) is 0 Å². The molecule has 5 nitrogen and oxygen atoms in total. The third-order valence-corrected chi connectivity index (χ3v) is 3.96. The fourth-order valence-corrected chi connectivity index (χ4v) is 2.58. The van der Waals surface area contributed by atoms with Crippen LogP contribution in [0.1, 0.15) is 52.9 Å². The predicted molar refractivity (Wildman–Crippen MR) is 74.0 cm³/mol. The van der Waals surface area contributed by atoms with Crippen molar-refractivity contribution in [2.75, 3.05) is 6.54 Å². The van der Waals surface area contributed by atoms with Crippen molar-refractivity contribution in [1.29, 1.82) is 0 Å². The summed E-state index contributed by atoms with van der Waals surface area (Å²) in [5.41, 5.74) is 0.159. The molecule has 0 saturated heterocycles. The van der Waals surface area contributed by atoms with Gasteiger partial charge in [0.15, 0.2) is 0 Å². The molecule has 19 heavy (non-hydrogen) atoms. The first kappa shape index (κ1) is 15.8. The number of hydrogen-bond donors (Lipinski definition) is 3. The molecule has 1 aliphatic carbocycles. The van der Waals surface area contributed by atoms with Crippen LogP contribution in [-0.4, -0.2) is 29.7 Å². The molecule has 0 heterocycles. The maximum Gasteiger partial charge on any atom is 0.326 e. The number of urea groups is 1. The molecule has 0 aliphatic heterocycles. The first-order valence-corrected chi connectivity index (χ1v) is 7.11. The van der Waals surface area contributed by atoms with Gasteiger partial charge in [0.1, 0.15) is 6.04 Å². The van der Waals surface area contributed by atoms with Crippen LogP contribution in [0.25, 0.3) is 0 Å². The second-order valence-corrected chi connectivity index (χ2v) is 6.26. The summed E-state index contributed by atoms with van der Waals surface area (Å²) in [5, 5.41) is 14.4. The molecule has 0 spiro atoms. The topological polar surface area (TPSA) is 78.4 Å². The number of hydrogen-bond acceptors (Lipinski definition) is 2. The van der Waals surface area contributed by atoms with E-state index in [-0.39, 0.29) is 17.4 Å². The van der Waals surface area contributed by atoms with Crippen LogP contribution in [0.2, 0.25) is 0 Å². The zero-order valence-corrected chi connectivity index (χ0v) is 12.2. The lowest BCUT2D eigenvalue weighted by Gasteiger charge is -2.33. The summed E-state index contributed by atoms with van der Waals surface area (Å²) >= 11 is 0. The maximum absolute atomic E-state index is 11.8. The molecule has 0 radical (unpaired) electrons. The largest absolute Gasteiger partial charge is 0.480 e. The molecule has 110 valence electrons. The van der Waals surface area contributed by atoms with Crippen molar-refractivity contribution in [3.05, 3.63) is 0 Å². The van der Waals surface area contributed by atoms with Gasteiger partial charge in [-0.1, -0.05) is 40.0 Å². The van der Waals surface area contributed by atoms with Crippen LogP contribution in [0.3, 0.4) is 0 Å². The van der Waals surface area contributed by atoms with Crippen LogP contribution in [-0.2, 0) is 4.79 Å². The highest BCUT2D eigenvalue weighted by atomic mass is 16.4. The van der Waals surface area contributed by atoms with Crippen molar-refractivity contribution >= 4 is 12.0 Å². The number of aliphatic carboxylic acids is 1. The zero-order chi connectivity index (χ0) is 14.5. The van der Waals surface area contributed by atoms with Gasteiger partial charge in [-0.2, -0.15) is 0 Å². The van der Waals surface area contributed by atoms with Gasteiger partial charge in [0.2, 0.25) is 0 Å². The third kappa shape index (κ3) is 5.09. The lowest BCUT2D eigenvalue weighted by molar-refractivity contribution is -0.140. The van der Waals surface area contributed by atoms with E-state index in [0.29, 0.717) is 6.54 Å². The monoisotopic (exact) mass is 270 g/mol. The van der Waals surface area contributed by atoms with Gasteiger partial charge < -0.3 is 15.7 Å². The molecule has 1 fully saturated rings. The number of carboxylic acid groups (broad SMARTS) is 1. The van der Waals surface area contributed by atoms with E-state index in [1.165, 1.54) is 19.3 Å². The summed E-state index contributed by atoms with van der Waals surface area (Å²) in [5.74, 6) is -1.12. The van der Waals surface area contributed by atoms with Crippen LogP contribution < -0.4 is 10.6 Å². The van der Waals surface area contributed by atoms with Gasteiger partial charge >= 0.3 is 12.0 Å². The Morgan fingerprint density at radius 1 is 1.21 bits per heavy atom. The number of carbonyl (C=O) groups excluding carboxylic acids is 1.